The summed E-state index contributed by atoms with van der Waals surface area (Å²) in [5, 5.41) is 11.1. The number of benzene rings is 1. The zero-order chi connectivity index (χ0) is 16.6. The molecular formula is C17H17N3O3. The lowest BCUT2D eigenvalue weighted by Crippen LogP contribution is -2.53. The first-order valence-corrected chi connectivity index (χ1v) is 7.16. The summed E-state index contributed by atoms with van der Waals surface area (Å²) in [5.74, 6) is -2.15. The zero-order valence-corrected chi connectivity index (χ0v) is 13.1. The van der Waals surface area contributed by atoms with Crippen LogP contribution in [-0.4, -0.2) is 29.5 Å². The summed E-state index contributed by atoms with van der Waals surface area (Å²) in [5.41, 5.74) is 2.63. The minimum Gasteiger partial charge on any atom is -0.430 e. The van der Waals surface area contributed by atoms with Gasteiger partial charge in [-0.2, -0.15) is 0 Å². The molecule has 1 aromatic carbocycles. The highest BCUT2D eigenvalue weighted by Crippen LogP contribution is 2.37. The van der Waals surface area contributed by atoms with Gasteiger partial charge in [0.1, 0.15) is 5.71 Å². The number of amides is 1. The number of hydrogen-bond acceptors (Lipinski definition) is 5. The summed E-state index contributed by atoms with van der Waals surface area (Å²) >= 11 is 0. The van der Waals surface area contributed by atoms with E-state index in [0.29, 0.717) is 11.3 Å². The molecule has 2 aromatic rings. The molecule has 0 radical (unpaired) electrons. The molecule has 0 fully saturated rings. The van der Waals surface area contributed by atoms with Crippen LogP contribution in [0.15, 0.2) is 36.4 Å². The van der Waals surface area contributed by atoms with Crippen LogP contribution < -0.4 is 10.1 Å². The summed E-state index contributed by atoms with van der Waals surface area (Å²) in [6, 6.07) is 10.8. The number of carbonyl (C=O) groups excluding carboxylic acids is 1. The molecule has 0 aliphatic carbocycles. The highest BCUT2D eigenvalue weighted by atomic mass is 16.7. The smallest absolute Gasteiger partial charge is 0.337 e. The summed E-state index contributed by atoms with van der Waals surface area (Å²) in [6.45, 7) is 3.68. The maximum absolute atomic E-state index is 12.7. The van der Waals surface area contributed by atoms with Crippen LogP contribution in [0.5, 0.6) is 5.88 Å². The average Bonchev–Trinajstić information content (AvgIpc) is 2.81. The lowest BCUT2D eigenvalue weighted by Gasteiger charge is -2.25. The molecule has 2 N–H and O–H groups in total. The van der Waals surface area contributed by atoms with Gasteiger partial charge in [-0.15, -0.1) is 0 Å². The van der Waals surface area contributed by atoms with Gasteiger partial charge < -0.3 is 14.8 Å². The highest BCUT2D eigenvalue weighted by Gasteiger charge is 2.54. The number of anilines is 1. The molecule has 6 nitrogen and oxygen atoms in total. The van der Waals surface area contributed by atoms with Gasteiger partial charge in [-0.05, 0) is 37.6 Å². The highest BCUT2D eigenvalue weighted by molar-refractivity contribution is 6.23. The van der Waals surface area contributed by atoms with Crippen LogP contribution in [0, 0.1) is 19.3 Å². The van der Waals surface area contributed by atoms with Crippen molar-refractivity contribution in [3.05, 3.63) is 53.2 Å². The largest absolute Gasteiger partial charge is 0.430 e. The van der Waals surface area contributed by atoms with Crippen molar-refractivity contribution in [2.24, 2.45) is 0 Å². The molecule has 2 heterocycles. The molecule has 6 heteroatoms. The number of para-hydroxylation sites is 1. The van der Waals surface area contributed by atoms with Crippen LogP contribution in [0.2, 0.25) is 0 Å². The predicted molar refractivity (Wildman–Crippen MR) is 86.0 cm³/mol. The van der Waals surface area contributed by atoms with E-state index >= 15 is 0 Å². The summed E-state index contributed by atoms with van der Waals surface area (Å²) < 4.78 is 11.0. The van der Waals surface area contributed by atoms with Gasteiger partial charge in [-0.25, -0.2) is 4.98 Å². The Morgan fingerprint density at radius 1 is 1.30 bits per heavy atom. The normalized spacial score (nSPS) is 19.2. The molecule has 0 bridgehead atoms. The fourth-order valence-electron chi connectivity index (χ4n) is 2.66. The average molecular weight is 311 g/mol. The second kappa shape index (κ2) is 5.48. The Labute approximate surface area is 134 Å². The molecule has 3 rings (SSSR count). The lowest BCUT2D eigenvalue weighted by molar-refractivity contribution is -0.155. The van der Waals surface area contributed by atoms with Crippen LogP contribution in [0.4, 0.5) is 5.69 Å². The fraction of sp³-hybridized carbons (Fsp3) is 0.235. The molecule has 1 aromatic heterocycles. The molecule has 118 valence electrons. The third kappa shape index (κ3) is 2.37. The molecule has 0 saturated heterocycles. The molecule has 0 saturated carbocycles. The van der Waals surface area contributed by atoms with Gasteiger partial charge in [0.25, 0.3) is 0 Å². The molecule has 0 spiro atoms. The molecule has 1 aliphatic rings. The first-order chi connectivity index (χ1) is 11.0. The number of aryl methyl sites for hydroxylation is 2. The van der Waals surface area contributed by atoms with Crippen LogP contribution in [0.25, 0.3) is 0 Å². The van der Waals surface area contributed by atoms with E-state index in [1.165, 1.54) is 7.11 Å². The number of methoxy groups -OCH3 is 1. The van der Waals surface area contributed by atoms with E-state index in [-0.39, 0.29) is 11.6 Å². The molecule has 1 aliphatic heterocycles. The maximum atomic E-state index is 12.7. The van der Waals surface area contributed by atoms with E-state index in [1.807, 2.05) is 26.0 Å². The number of aromatic nitrogens is 1. The van der Waals surface area contributed by atoms with Gasteiger partial charge in [-0.1, -0.05) is 18.2 Å². The molecule has 1 atom stereocenters. The van der Waals surface area contributed by atoms with Crippen molar-refractivity contribution in [3.8, 4) is 5.88 Å². The Bertz CT molecular complexity index is 789. The van der Waals surface area contributed by atoms with Crippen molar-refractivity contribution >= 4 is 17.3 Å². The van der Waals surface area contributed by atoms with Gasteiger partial charge in [0.15, 0.2) is 0 Å². The first-order valence-electron chi connectivity index (χ1n) is 7.16. The second-order valence-corrected chi connectivity index (χ2v) is 5.38. The van der Waals surface area contributed by atoms with Crippen LogP contribution in [0.3, 0.4) is 0 Å². The minimum absolute atomic E-state index is 0.0477. The van der Waals surface area contributed by atoms with Gasteiger partial charge in [0.2, 0.25) is 5.88 Å². The third-order valence-electron chi connectivity index (χ3n) is 3.75. The van der Waals surface area contributed by atoms with Crippen molar-refractivity contribution in [3.63, 3.8) is 0 Å². The Morgan fingerprint density at radius 2 is 2.00 bits per heavy atom. The Balaban J connectivity index is 1.98. The second-order valence-electron chi connectivity index (χ2n) is 5.38. The Kier molecular flexibility index (Phi) is 3.61. The van der Waals surface area contributed by atoms with Crippen LogP contribution in [0.1, 0.15) is 16.8 Å². The van der Waals surface area contributed by atoms with Gasteiger partial charge >= 0.3 is 11.7 Å². The molecule has 1 unspecified atom stereocenters. The fourth-order valence-corrected chi connectivity index (χ4v) is 2.66. The Morgan fingerprint density at radius 3 is 2.65 bits per heavy atom. The van der Waals surface area contributed by atoms with E-state index in [4.69, 9.17) is 14.9 Å². The van der Waals surface area contributed by atoms with Crippen molar-refractivity contribution in [1.29, 1.82) is 5.41 Å². The first kappa shape index (κ1) is 15.2. The van der Waals surface area contributed by atoms with Crippen LogP contribution >= 0.6 is 0 Å². The quantitative estimate of drug-likeness (QED) is 0.912. The van der Waals surface area contributed by atoms with E-state index in [9.17, 15) is 4.79 Å². The van der Waals surface area contributed by atoms with Crippen molar-refractivity contribution in [2.45, 2.75) is 19.6 Å². The van der Waals surface area contributed by atoms with Gasteiger partial charge in [0, 0.05) is 18.5 Å². The van der Waals surface area contributed by atoms with Crippen molar-refractivity contribution < 1.29 is 14.3 Å². The van der Waals surface area contributed by atoms with E-state index in [1.54, 1.807) is 24.3 Å². The zero-order valence-electron chi connectivity index (χ0n) is 13.1. The van der Waals surface area contributed by atoms with E-state index in [2.05, 4.69) is 10.3 Å². The monoisotopic (exact) mass is 311 g/mol. The minimum atomic E-state index is -1.83. The molecule has 1 amide bonds. The van der Waals surface area contributed by atoms with E-state index in [0.717, 1.165) is 11.3 Å². The van der Waals surface area contributed by atoms with E-state index < -0.39 is 11.7 Å². The summed E-state index contributed by atoms with van der Waals surface area (Å²) in [6.07, 6.45) is 0. The Hall–Kier alpha value is -2.73. The van der Waals surface area contributed by atoms with Crippen LogP contribution in [-0.2, 0) is 9.53 Å². The SMILES string of the molecule is COC1(C(=O)Nc2ccccc2)Oc2nc(C)cc(C)c2C1=N. The topological polar surface area (TPSA) is 84.3 Å². The number of pyridine rings is 1. The van der Waals surface area contributed by atoms with Crippen molar-refractivity contribution in [1.82, 2.24) is 4.98 Å². The number of rotatable bonds is 3. The van der Waals surface area contributed by atoms with Gasteiger partial charge in [-0.3, -0.25) is 10.2 Å². The summed E-state index contributed by atoms with van der Waals surface area (Å²) in [7, 11) is 1.34. The van der Waals surface area contributed by atoms with Crippen molar-refractivity contribution in [2.75, 3.05) is 12.4 Å². The number of carbonyl (C=O) groups is 1. The molecular weight excluding hydrogens is 294 g/mol. The number of nitrogens with zero attached hydrogens (tertiary/aromatic N) is 1. The standard InChI is InChI=1S/C17H17N3O3/c1-10-9-11(2)19-15-13(10)14(18)17(22-3,23-15)16(21)20-12-7-5-4-6-8-12/h4-9,18H,1-3H3,(H,20,21). The number of fused-ring (bicyclic) bond motifs is 1. The maximum Gasteiger partial charge on any atom is 0.337 e. The number of ether oxygens (including phenoxy) is 2. The molecule has 23 heavy (non-hydrogen) atoms. The predicted octanol–water partition coefficient (Wildman–Crippen LogP) is 2.44. The number of hydrogen-bond donors (Lipinski definition) is 2. The number of nitrogens with one attached hydrogen (secondary N) is 2. The lowest BCUT2D eigenvalue weighted by atomic mass is 10.0. The summed E-state index contributed by atoms with van der Waals surface area (Å²) in [4.78, 5) is 17.0. The van der Waals surface area contributed by atoms with Gasteiger partial charge in [0.05, 0.1) is 5.56 Å². The third-order valence-corrected chi connectivity index (χ3v) is 3.75.